The lowest BCUT2D eigenvalue weighted by Crippen LogP contribution is -2.35. The first-order valence-electron chi connectivity index (χ1n) is 7.97. The number of nitrogens with one attached hydrogen (secondary N) is 1. The highest BCUT2D eigenvalue weighted by Gasteiger charge is 2.32. The van der Waals surface area contributed by atoms with Crippen LogP contribution in [0.2, 0.25) is 5.02 Å². The molecule has 1 aliphatic rings. The maximum Gasteiger partial charge on any atom is 0.234 e. The number of hydrogen-bond acceptors (Lipinski definition) is 4. The van der Waals surface area contributed by atoms with Gasteiger partial charge in [-0.2, -0.15) is 0 Å². The van der Waals surface area contributed by atoms with E-state index in [1.165, 1.54) is 0 Å². The molecule has 25 heavy (non-hydrogen) atoms. The smallest absolute Gasteiger partial charge is 0.234 e. The van der Waals surface area contributed by atoms with Gasteiger partial charge in [0.2, 0.25) is 5.91 Å². The Morgan fingerprint density at radius 3 is 2.56 bits per heavy atom. The second-order valence-electron chi connectivity index (χ2n) is 6.28. The van der Waals surface area contributed by atoms with Gasteiger partial charge < -0.3 is 19.5 Å². The van der Waals surface area contributed by atoms with Crippen molar-refractivity contribution in [3.63, 3.8) is 0 Å². The van der Waals surface area contributed by atoms with E-state index in [-0.39, 0.29) is 5.91 Å². The van der Waals surface area contributed by atoms with Gasteiger partial charge in [-0.3, -0.25) is 4.79 Å². The Morgan fingerprint density at radius 2 is 1.84 bits per heavy atom. The van der Waals surface area contributed by atoms with Gasteiger partial charge in [-0.05, 0) is 49.7 Å². The van der Waals surface area contributed by atoms with Crippen molar-refractivity contribution in [1.82, 2.24) is 0 Å². The zero-order valence-electron chi connectivity index (χ0n) is 14.4. The summed E-state index contributed by atoms with van der Waals surface area (Å²) in [6.07, 6.45) is 0. The second kappa shape index (κ2) is 6.84. The monoisotopic (exact) mass is 361 g/mol. The summed E-state index contributed by atoms with van der Waals surface area (Å²) >= 11 is 6.03. The van der Waals surface area contributed by atoms with Gasteiger partial charge in [0.25, 0.3) is 0 Å². The molecule has 132 valence electrons. The molecule has 2 aromatic carbocycles. The van der Waals surface area contributed by atoms with Gasteiger partial charge in [0.05, 0.1) is 18.2 Å². The van der Waals surface area contributed by atoms with E-state index in [4.69, 9.17) is 25.8 Å². The van der Waals surface area contributed by atoms with Gasteiger partial charge >= 0.3 is 0 Å². The van der Waals surface area contributed by atoms with Crippen molar-refractivity contribution in [2.24, 2.45) is 0 Å². The molecule has 0 unspecified atom stereocenters. The van der Waals surface area contributed by atoms with Crippen molar-refractivity contribution in [3.05, 3.63) is 47.0 Å². The Bertz CT molecular complexity index is 804. The van der Waals surface area contributed by atoms with Crippen LogP contribution in [0.4, 0.5) is 5.69 Å². The zero-order valence-corrected chi connectivity index (χ0v) is 15.1. The molecule has 2 aromatic rings. The fraction of sp³-hybridized carbons (Fsp3) is 0.316. The van der Waals surface area contributed by atoms with Crippen LogP contribution in [0, 0.1) is 0 Å². The maximum absolute atomic E-state index is 12.9. The van der Waals surface area contributed by atoms with Gasteiger partial charge in [0.1, 0.15) is 19.0 Å². The third-order valence-corrected chi connectivity index (χ3v) is 4.48. The number of ether oxygens (including phenoxy) is 3. The number of amides is 1. The molecular weight excluding hydrogens is 342 g/mol. The van der Waals surface area contributed by atoms with Crippen LogP contribution in [0.25, 0.3) is 0 Å². The first-order valence-corrected chi connectivity index (χ1v) is 8.35. The number of rotatable bonds is 4. The molecule has 1 heterocycles. The third kappa shape index (κ3) is 3.51. The largest absolute Gasteiger partial charge is 0.495 e. The molecule has 1 amide bonds. The lowest BCUT2D eigenvalue weighted by Gasteiger charge is -2.27. The predicted octanol–water partition coefficient (Wildman–Crippen LogP) is 4.04. The van der Waals surface area contributed by atoms with Crippen molar-refractivity contribution in [1.29, 1.82) is 0 Å². The van der Waals surface area contributed by atoms with Crippen LogP contribution in [0.15, 0.2) is 36.4 Å². The van der Waals surface area contributed by atoms with Crippen molar-refractivity contribution < 1.29 is 19.0 Å². The highest BCUT2D eigenvalue weighted by atomic mass is 35.5. The summed E-state index contributed by atoms with van der Waals surface area (Å²) < 4.78 is 16.4. The van der Waals surface area contributed by atoms with Gasteiger partial charge in [0, 0.05) is 5.02 Å². The van der Waals surface area contributed by atoms with Crippen molar-refractivity contribution in [2.45, 2.75) is 19.3 Å². The number of halogens is 1. The summed E-state index contributed by atoms with van der Waals surface area (Å²) in [5, 5.41) is 3.42. The summed E-state index contributed by atoms with van der Waals surface area (Å²) in [5.74, 6) is 1.73. The van der Waals surface area contributed by atoms with E-state index in [9.17, 15) is 4.79 Å². The molecule has 0 saturated carbocycles. The Kier molecular flexibility index (Phi) is 4.77. The average Bonchev–Trinajstić information content (AvgIpc) is 2.61. The highest BCUT2D eigenvalue weighted by Crippen LogP contribution is 2.36. The zero-order chi connectivity index (χ0) is 18.0. The van der Waals surface area contributed by atoms with Crippen LogP contribution in [0.1, 0.15) is 19.4 Å². The molecule has 0 bridgehead atoms. The standard InChI is InChI=1S/C19H20ClNO4/c1-19(2,12-4-6-16-17(10-12)25-9-8-24-16)18(22)21-14-11-13(20)5-7-15(14)23-3/h4-7,10-11H,8-9H2,1-3H3,(H,21,22). The van der Waals surface area contributed by atoms with E-state index in [1.807, 2.05) is 32.0 Å². The van der Waals surface area contributed by atoms with E-state index in [0.717, 1.165) is 5.56 Å². The van der Waals surface area contributed by atoms with Gasteiger partial charge in [-0.15, -0.1) is 0 Å². The van der Waals surface area contributed by atoms with Crippen molar-refractivity contribution >= 4 is 23.2 Å². The van der Waals surface area contributed by atoms with Crippen LogP contribution in [-0.4, -0.2) is 26.2 Å². The predicted molar refractivity (Wildman–Crippen MR) is 97.1 cm³/mol. The Hall–Kier alpha value is -2.40. The number of carbonyl (C=O) groups is 1. The number of carbonyl (C=O) groups excluding carboxylic acids is 1. The van der Waals surface area contributed by atoms with E-state index < -0.39 is 5.41 Å². The molecule has 0 radical (unpaired) electrons. The SMILES string of the molecule is COc1ccc(Cl)cc1NC(=O)C(C)(C)c1ccc2c(c1)OCCO2. The molecule has 5 nitrogen and oxygen atoms in total. The quantitative estimate of drug-likeness (QED) is 0.893. The molecular formula is C19H20ClNO4. The lowest BCUT2D eigenvalue weighted by atomic mass is 9.83. The third-order valence-electron chi connectivity index (χ3n) is 4.24. The molecule has 1 aliphatic heterocycles. The summed E-state index contributed by atoms with van der Waals surface area (Å²) in [6, 6.07) is 10.7. The van der Waals surface area contributed by atoms with Gasteiger partial charge in [-0.1, -0.05) is 17.7 Å². The molecule has 0 aliphatic carbocycles. The number of anilines is 1. The highest BCUT2D eigenvalue weighted by molar-refractivity contribution is 6.31. The van der Waals surface area contributed by atoms with Crippen LogP contribution in [0.3, 0.4) is 0 Å². The van der Waals surface area contributed by atoms with Crippen LogP contribution < -0.4 is 19.5 Å². The molecule has 3 rings (SSSR count). The van der Waals surface area contributed by atoms with Crippen LogP contribution in [0.5, 0.6) is 17.2 Å². The molecule has 0 fully saturated rings. The summed E-state index contributed by atoms with van der Waals surface area (Å²) in [6.45, 7) is 4.74. The van der Waals surface area contributed by atoms with Gasteiger partial charge in [0.15, 0.2) is 11.5 Å². The van der Waals surface area contributed by atoms with E-state index in [2.05, 4.69) is 5.32 Å². The summed E-state index contributed by atoms with van der Waals surface area (Å²) in [5.41, 5.74) is 0.573. The topological polar surface area (TPSA) is 56.8 Å². The first kappa shape index (κ1) is 17.4. The minimum absolute atomic E-state index is 0.176. The molecule has 0 aromatic heterocycles. The van der Waals surface area contributed by atoms with Crippen molar-refractivity contribution in [3.8, 4) is 17.2 Å². The molecule has 0 saturated heterocycles. The lowest BCUT2D eigenvalue weighted by molar-refractivity contribution is -0.120. The van der Waals surface area contributed by atoms with Gasteiger partial charge in [-0.25, -0.2) is 0 Å². The van der Waals surface area contributed by atoms with Crippen LogP contribution >= 0.6 is 11.6 Å². The fourth-order valence-corrected chi connectivity index (χ4v) is 2.79. The molecule has 1 N–H and O–H groups in total. The Labute approximate surface area is 151 Å². The Morgan fingerprint density at radius 1 is 1.12 bits per heavy atom. The molecule has 0 spiro atoms. The van der Waals surface area contributed by atoms with E-state index >= 15 is 0 Å². The normalized spacial score (nSPS) is 13.3. The average molecular weight is 362 g/mol. The van der Waals surface area contributed by atoms with Crippen molar-refractivity contribution in [2.75, 3.05) is 25.6 Å². The number of benzene rings is 2. The summed E-state index contributed by atoms with van der Waals surface area (Å²) in [7, 11) is 1.55. The Balaban J connectivity index is 1.87. The van der Waals surface area contributed by atoms with Crippen LogP contribution in [-0.2, 0) is 10.2 Å². The fourth-order valence-electron chi connectivity index (χ4n) is 2.62. The molecule has 6 heteroatoms. The first-order chi connectivity index (χ1) is 11.9. The van der Waals surface area contributed by atoms with E-state index in [0.29, 0.717) is 41.2 Å². The second-order valence-corrected chi connectivity index (χ2v) is 6.72. The molecule has 0 atom stereocenters. The maximum atomic E-state index is 12.9. The summed E-state index contributed by atoms with van der Waals surface area (Å²) in [4.78, 5) is 12.9. The van der Waals surface area contributed by atoms with E-state index in [1.54, 1.807) is 25.3 Å². The number of fused-ring (bicyclic) bond motifs is 1. The minimum atomic E-state index is -0.789. The number of hydrogen-bond donors (Lipinski definition) is 1. The number of methoxy groups -OCH3 is 1. The minimum Gasteiger partial charge on any atom is -0.495 e.